The van der Waals surface area contributed by atoms with Crippen molar-refractivity contribution < 1.29 is 9.50 Å². The van der Waals surface area contributed by atoms with Crippen molar-refractivity contribution >= 4 is 15.9 Å². The SMILES string of the molecule is CC1(C)CC(Cc2cc(Br)ccc2F)=CC(O)C1. The van der Waals surface area contributed by atoms with Gasteiger partial charge in [-0.2, -0.15) is 0 Å². The Kier molecular flexibility index (Phi) is 3.93. The van der Waals surface area contributed by atoms with E-state index in [-0.39, 0.29) is 11.2 Å². The Morgan fingerprint density at radius 1 is 1.44 bits per heavy atom. The van der Waals surface area contributed by atoms with Gasteiger partial charge < -0.3 is 5.11 Å². The number of rotatable bonds is 2. The zero-order valence-electron chi connectivity index (χ0n) is 10.7. The minimum Gasteiger partial charge on any atom is -0.389 e. The van der Waals surface area contributed by atoms with Gasteiger partial charge in [0.1, 0.15) is 5.82 Å². The highest BCUT2D eigenvalue weighted by atomic mass is 79.9. The molecule has 2 rings (SSSR count). The van der Waals surface area contributed by atoms with Gasteiger partial charge >= 0.3 is 0 Å². The Hall–Kier alpha value is -0.670. The zero-order valence-corrected chi connectivity index (χ0v) is 12.3. The summed E-state index contributed by atoms with van der Waals surface area (Å²) in [6, 6.07) is 4.99. The molecule has 98 valence electrons. The van der Waals surface area contributed by atoms with Gasteiger partial charge in [0.15, 0.2) is 0 Å². The fourth-order valence-corrected chi connectivity index (χ4v) is 3.10. The fourth-order valence-electron chi connectivity index (χ4n) is 2.69. The van der Waals surface area contributed by atoms with Crippen LogP contribution in [0.25, 0.3) is 0 Å². The van der Waals surface area contributed by atoms with E-state index < -0.39 is 6.10 Å². The highest BCUT2D eigenvalue weighted by Gasteiger charge is 2.27. The number of halogens is 2. The maximum atomic E-state index is 13.7. The number of allylic oxidation sites excluding steroid dienone is 1. The Morgan fingerprint density at radius 2 is 2.17 bits per heavy atom. The van der Waals surface area contributed by atoms with Gasteiger partial charge in [0.25, 0.3) is 0 Å². The summed E-state index contributed by atoms with van der Waals surface area (Å²) in [6.45, 7) is 4.28. The lowest BCUT2D eigenvalue weighted by atomic mass is 9.75. The van der Waals surface area contributed by atoms with E-state index in [0.717, 1.165) is 22.9 Å². The molecule has 0 radical (unpaired) electrons. The van der Waals surface area contributed by atoms with E-state index in [1.54, 1.807) is 6.07 Å². The Morgan fingerprint density at radius 3 is 2.83 bits per heavy atom. The highest BCUT2D eigenvalue weighted by Crippen LogP contribution is 2.36. The van der Waals surface area contributed by atoms with Crippen molar-refractivity contribution in [3.63, 3.8) is 0 Å². The van der Waals surface area contributed by atoms with Crippen LogP contribution in [0.1, 0.15) is 32.3 Å². The molecule has 1 unspecified atom stereocenters. The van der Waals surface area contributed by atoms with Crippen LogP contribution in [-0.4, -0.2) is 11.2 Å². The van der Waals surface area contributed by atoms with E-state index in [1.807, 2.05) is 12.1 Å². The van der Waals surface area contributed by atoms with Gasteiger partial charge in [-0.3, -0.25) is 0 Å². The first-order valence-corrected chi connectivity index (χ1v) is 6.97. The predicted octanol–water partition coefficient (Wildman–Crippen LogP) is 4.24. The lowest BCUT2D eigenvalue weighted by Gasteiger charge is -2.32. The standard InChI is InChI=1S/C15H18BrFO/c1-15(2)8-10(6-13(18)9-15)5-11-7-12(16)3-4-14(11)17/h3-4,6-7,13,18H,5,8-9H2,1-2H3. The van der Waals surface area contributed by atoms with Gasteiger partial charge in [-0.05, 0) is 48.4 Å². The van der Waals surface area contributed by atoms with E-state index in [9.17, 15) is 9.50 Å². The van der Waals surface area contributed by atoms with Crippen molar-refractivity contribution in [2.24, 2.45) is 5.41 Å². The molecule has 3 heteroatoms. The molecule has 0 amide bonds. The molecular weight excluding hydrogens is 295 g/mol. The van der Waals surface area contributed by atoms with Gasteiger partial charge in [-0.1, -0.05) is 41.4 Å². The average Bonchev–Trinajstić information content (AvgIpc) is 2.20. The molecule has 0 spiro atoms. The van der Waals surface area contributed by atoms with Crippen molar-refractivity contribution in [2.75, 3.05) is 0 Å². The Labute approximate surface area is 116 Å². The van der Waals surface area contributed by atoms with Crippen LogP contribution in [0, 0.1) is 11.2 Å². The third kappa shape index (κ3) is 3.42. The van der Waals surface area contributed by atoms with Crippen molar-refractivity contribution in [3.05, 3.63) is 45.7 Å². The lowest BCUT2D eigenvalue weighted by Crippen LogP contribution is -2.25. The summed E-state index contributed by atoms with van der Waals surface area (Å²) >= 11 is 3.36. The molecule has 1 nitrogen and oxygen atoms in total. The molecule has 0 fully saturated rings. The normalized spacial score (nSPS) is 22.7. The second-order valence-electron chi connectivity index (χ2n) is 5.85. The second-order valence-corrected chi connectivity index (χ2v) is 6.77. The van der Waals surface area contributed by atoms with Gasteiger partial charge in [0, 0.05) is 4.47 Å². The molecule has 1 aliphatic rings. The first-order chi connectivity index (χ1) is 8.35. The molecular formula is C15H18BrFO. The van der Waals surface area contributed by atoms with Gasteiger partial charge in [0.2, 0.25) is 0 Å². The van der Waals surface area contributed by atoms with Crippen LogP contribution in [0.15, 0.2) is 34.3 Å². The smallest absolute Gasteiger partial charge is 0.126 e. The number of hydrogen-bond donors (Lipinski definition) is 1. The number of hydrogen-bond acceptors (Lipinski definition) is 1. The van der Waals surface area contributed by atoms with E-state index in [1.165, 1.54) is 6.07 Å². The Balaban J connectivity index is 2.21. The van der Waals surface area contributed by atoms with Crippen LogP contribution in [0.2, 0.25) is 0 Å². The molecule has 0 aromatic heterocycles. The molecule has 0 bridgehead atoms. The fraction of sp³-hybridized carbons (Fsp3) is 0.467. The molecule has 18 heavy (non-hydrogen) atoms. The van der Waals surface area contributed by atoms with E-state index in [0.29, 0.717) is 12.0 Å². The monoisotopic (exact) mass is 312 g/mol. The number of aliphatic hydroxyl groups is 1. The summed E-state index contributed by atoms with van der Waals surface area (Å²) in [5.74, 6) is -0.183. The van der Waals surface area contributed by atoms with Crippen molar-refractivity contribution in [1.82, 2.24) is 0 Å². The van der Waals surface area contributed by atoms with Gasteiger partial charge in [0.05, 0.1) is 6.10 Å². The molecule has 0 heterocycles. The highest BCUT2D eigenvalue weighted by molar-refractivity contribution is 9.10. The first-order valence-electron chi connectivity index (χ1n) is 6.17. The number of aliphatic hydroxyl groups excluding tert-OH is 1. The van der Waals surface area contributed by atoms with E-state index in [4.69, 9.17) is 0 Å². The zero-order chi connectivity index (χ0) is 13.3. The average molecular weight is 313 g/mol. The van der Waals surface area contributed by atoms with Crippen LogP contribution in [-0.2, 0) is 6.42 Å². The maximum absolute atomic E-state index is 13.7. The van der Waals surface area contributed by atoms with Crippen LogP contribution in [0.4, 0.5) is 4.39 Å². The van der Waals surface area contributed by atoms with E-state index >= 15 is 0 Å². The molecule has 1 aliphatic carbocycles. The minimum absolute atomic E-state index is 0.0893. The predicted molar refractivity (Wildman–Crippen MR) is 74.9 cm³/mol. The molecule has 1 N–H and O–H groups in total. The topological polar surface area (TPSA) is 20.2 Å². The summed E-state index contributed by atoms with van der Waals surface area (Å²) in [5.41, 5.74) is 1.89. The molecule has 0 aliphatic heterocycles. The summed E-state index contributed by atoms with van der Waals surface area (Å²) in [5, 5.41) is 9.84. The van der Waals surface area contributed by atoms with Crippen LogP contribution in [0.5, 0.6) is 0 Å². The third-order valence-electron chi connectivity index (χ3n) is 3.32. The summed E-state index contributed by atoms with van der Waals surface area (Å²) in [7, 11) is 0. The minimum atomic E-state index is -0.404. The molecule has 1 aromatic carbocycles. The number of benzene rings is 1. The van der Waals surface area contributed by atoms with Crippen LogP contribution >= 0.6 is 15.9 Å². The quantitative estimate of drug-likeness (QED) is 0.810. The lowest BCUT2D eigenvalue weighted by molar-refractivity contribution is 0.138. The maximum Gasteiger partial charge on any atom is 0.126 e. The largest absolute Gasteiger partial charge is 0.389 e. The Bertz CT molecular complexity index is 479. The summed E-state index contributed by atoms with van der Waals surface area (Å²) in [4.78, 5) is 0. The molecule has 0 saturated heterocycles. The third-order valence-corrected chi connectivity index (χ3v) is 3.81. The summed E-state index contributed by atoms with van der Waals surface area (Å²) < 4.78 is 14.6. The van der Waals surface area contributed by atoms with Crippen LogP contribution in [0.3, 0.4) is 0 Å². The van der Waals surface area contributed by atoms with Crippen molar-refractivity contribution in [3.8, 4) is 0 Å². The van der Waals surface area contributed by atoms with Crippen LogP contribution < -0.4 is 0 Å². The van der Waals surface area contributed by atoms with Crippen molar-refractivity contribution in [1.29, 1.82) is 0 Å². The second kappa shape index (κ2) is 5.14. The molecule has 0 saturated carbocycles. The van der Waals surface area contributed by atoms with Crippen molar-refractivity contribution in [2.45, 2.75) is 39.2 Å². The first kappa shape index (κ1) is 13.8. The van der Waals surface area contributed by atoms with Gasteiger partial charge in [-0.25, -0.2) is 4.39 Å². The van der Waals surface area contributed by atoms with Gasteiger partial charge in [-0.15, -0.1) is 0 Å². The molecule has 1 atom stereocenters. The van der Waals surface area contributed by atoms with E-state index in [2.05, 4.69) is 29.8 Å². The molecule has 1 aromatic rings. The summed E-state index contributed by atoms with van der Waals surface area (Å²) in [6.07, 6.45) is 3.74.